The summed E-state index contributed by atoms with van der Waals surface area (Å²) in [5, 5.41) is 4.22. The molecule has 126 valence electrons. The molecule has 0 aliphatic rings. The highest BCUT2D eigenvalue weighted by atomic mass is 19.2. The first-order valence-electron chi connectivity index (χ1n) is 6.41. The maximum atomic E-state index is 13.3. The van der Waals surface area contributed by atoms with Gasteiger partial charge in [-0.3, -0.25) is 9.59 Å². The molecule has 2 rings (SSSR count). The lowest BCUT2D eigenvalue weighted by atomic mass is 10.1. The van der Waals surface area contributed by atoms with E-state index in [-0.39, 0.29) is 11.4 Å². The van der Waals surface area contributed by atoms with Gasteiger partial charge in [-0.1, -0.05) is 0 Å². The fourth-order valence-electron chi connectivity index (χ4n) is 1.82. The molecule has 0 heterocycles. The zero-order valence-corrected chi connectivity index (χ0v) is 12.0. The summed E-state index contributed by atoms with van der Waals surface area (Å²) in [4.78, 5) is 23.0. The van der Waals surface area contributed by atoms with Crippen molar-refractivity contribution in [3.05, 3.63) is 58.9 Å². The van der Waals surface area contributed by atoms with Gasteiger partial charge < -0.3 is 10.6 Å². The highest BCUT2D eigenvalue weighted by Crippen LogP contribution is 2.26. The van der Waals surface area contributed by atoms with Crippen LogP contribution in [-0.4, -0.2) is 11.8 Å². The molecular weight excluding hydrogens is 335 g/mol. The fraction of sp³-hybridized carbons (Fsp3) is 0.0667. The third kappa shape index (κ3) is 3.67. The molecule has 0 saturated carbocycles. The smallest absolute Gasteiger partial charge is 0.255 e. The van der Waals surface area contributed by atoms with Crippen LogP contribution in [0, 0.1) is 29.1 Å². The monoisotopic (exact) mass is 344 g/mol. The van der Waals surface area contributed by atoms with Crippen LogP contribution >= 0.6 is 0 Å². The van der Waals surface area contributed by atoms with E-state index in [1.54, 1.807) is 0 Å². The van der Waals surface area contributed by atoms with Crippen molar-refractivity contribution in [3.8, 4) is 0 Å². The van der Waals surface area contributed by atoms with Crippen molar-refractivity contribution in [2.24, 2.45) is 0 Å². The lowest BCUT2D eigenvalue weighted by Crippen LogP contribution is -2.16. The normalized spacial score (nSPS) is 10.4. The van der Waals surface area contributed by atoms with Gasteiger partial charge in [-0.15, -0.1) is 0 Å². The summed E-state index contributed by atoms with van der Waals surface area (Å²) in [6.45, 7) is 1.09. The van der Waals surface area contributed by atoms with Gasteiger partial charge in [0.15, 0.2) is 29.1 Å². The van der Waals surface area contributed by atoms with E-state index in [1.165, 1.54) is 0 Å². The molecule has 9 heteroatoms. The molecule has 4 nitrogen and oxygen atoms in total. The topological polar surface area (TPSA) is 58.2 Å². The SMILES string of the molecule is CC(=O)Nc1cc(F)c(F)cc1NC(=O)c1cc(F)c(F)c(F)c1. The van der Waals surface area contributed by atoms with E-state index in [0.717, 1.165) is 6.92 Å². The average molecular weight is 344 g/mol. The summed E-state index contributed by atoms with van der Waals surface area (Å²) in [5.74, 6) is -9.29. The number of carbonyl (C=O) groups is 2. The van der Waals surface area contributed by atoms with Crippen molar-refractivity contribution in [1.29, 1.82) is 0 Å². The molecule has 0 unspecified atom stereocenters. The summed E-state index contributed by atoms with van der Waals surface area (Å²) in [7, 11) is 0. The predicted octanol–water partition coefficient (Wildman–Crippen LogP) is 3.59. The summed E-state index contributed by atoms with van der Waals surface area (Å²) < 4.78 is 65.7. The Labute approximate surface area is 132 Å². The number of rotatable bonds is 3. The second-order valence-corrected chi connectivity index (χ2v) is 4.70. The van der Waals surface area contributed by atoms with E-state index in [1.807, 2.05) is 0 Å². The molecule has 0 aliphatic carbocycles. The minimum atomic E-state index is -1.75. The first-order valence-corrected chi connectivity index (χ1v) is 6.41. The van der Waals surface area contributed by atoms with Gasteiger partial charge in [0, 0.05) is 24.6 Å². The molecule has 2 amide bonds. The standard InChI is InChI=1S/C15H9F5N2O2/c1-6(23)21-12-4-8(16)9(17)5-13(12)22-15(24)7-2-10(18)14(20)11(19)3-7/h2-5H,1H3,(H,21,23)(H,22,24). The van der Waals surface area contributed by atoms with Gasteiger partial charge in [-0.25, -0.2) is 22.0 Å². The van der Waals surface area contributed by atoms with Crippen LogP contribution in [0.5, 0.6) is 0 Å². The van der Waals surface area contributed by atoms with E-state index < -0.39 is 46.5 Å². The van der Waals surface area contributed by atoms with Gasteiger partial charge in [0.2, 0.25) is 5.91 Å². The second-order valence-electron chi connectivity index (χ2n) is 4.70. The maximum Gasteiger partial charge on any atom is 0.255 e. The van der Waals surface area contributed by atoms with E-state index in [2.05, 4.69) is 10.6 Å². The van der Waals surface area contributed by atoms with Crippen molar-refractivity contribution in [3.63, 3.8) is 0 Å². The Kier molecular flexibility index (Phi) is 4.82. The Hall–Kier alpha value is -2.97. The molecule has 0 spiro atoms. The average Bonchev–Trinajstić information content (AvgIpc) is 2.48. The summed E-state index contributed by atoms with van der Waals surface area (Å²) in [5.41, 5.74) is -1.21. The summed E-state index contributed by atoms with van der Waals surface area (Å²) >= 11 is 0. The third-order valence-electron chi connectivity index (χ3n) is 2.87. The molecule has 2 aromatic carbocycles. The highest BCUT2D eigenvalue weighted by molar-refractivity contribution is 6.07. The molecular formula is C15H9F5N2O2. The van der Waals surface area contributed by atoms with Gasteiger partial charge in [0.25, 0.3) is 5.91 Å². The van der Waals surface area contributed by atoms with Crippen LogP contribution in [0.15, 0.2) is 24.3 Å². The van der Waals surface area contributed by atoms with Gasteiger partial charge in [0.05, 0.1) is 11.4 Å². The maximum absolute atomic E-state index is 13.3. The van der Waals surface area contributed by atoms with Crippen LogP contribution in [0.25, 0.3) is 0 Å². The van der Waals surface area contributed by atoms with Crippen LogP contribution in [0.1, 0.15) is 17.3 Å². The van der Waals surface area contributed by atoms with Crippen molar-refractivity contribution in [2.75, 3.05) is 10.6 Å². The quantitative estimate of drug-likeness (QED) is 0.660. The Balaban J connectivity index is 2.38. The highest BCUT2D eigenvalue weighted by Gasteiger charge is 2.18. The van der Waals surface area contributed by atoms with Gasteiger partial charge in [0.1, 0.15) is 0 Å². The van der Waals surface area contributed by atoms with E-state index in [4.69, 9.17) is 0 Å². The number of nitrogens with one attached hydrogen (secondary N) is 2. The van der Waals surface area contributed by atoms with Crippen molar-refractivity contribution in [2.45, 2.75) is 6.92 Å². The Morgan fingerprint density at radius 3 is 1.67 bits per heavy atom. The number of hydrogen-bond acceptors (Lipinski definition) is 2. The molecule has 24 heavy (non-hydrogen) atoms. The van der Waals surface area contributed by atoms with Crippen molar-refractivity contribution >= 4 is 23.2 Å². The van der Waals surface area contributed by atoms with Crippen molar-refractivity contribution < 1.29 is 31.5 Å². The zero-order chi connectivity index (χ0) is 18.0. The minimum absolute atomic E-state index is 0.266. The van der Waals surface area contributed by atoms with Crippen LogP contribution in [0.2, 0.25) is 0 Å². The van der Waals surface area contributed by atoms with E-state index in [0.29, 0.717) is 24.3 Å². The zero-order valence-electron chi connectivity index (χ0n) is 12.0. The van der Waals surface area contributed by atoms with E-state index in [9.17, 15) is 31.5 Å². The van der Waals surface area contributed by atoms with Crippen molar-refractivity contribution in [1.82, 2.24) is 0 Å². The lowest BCUT2D eigenvalue weighted by molar-refractivity contribution is -0.114. The van der Waals surface area contributed by atoms with Crippen LogP contribution < -0.4 is 10.6 Å². The number of halogens is 5. The molecule has 0 aliphatic heterocycles. The fourth-order valence-corrected chi connectivity index (χ4v) is 1.82. The largest absolute Gasteiger partial charge is 0.324 e. The molecule has 0 bridgehead atoms. The molecule has 0 saturated heterocycles. The number of amides is 2. The first kappa shape index (κ1) is 17.4. The Morgan fingerprint density at radius 1 is 0.750 bits per heavy atom. The third-order valence-corrected chi connectivity index (χ3v) is 2.87. The van der Waals surface area contributed by atoms with Crippen LogP contribution in [-0.2, 0) is 4.79 Å². The number of anilines is 2. The first-order chi connectivity index (χ1) is 11.2. The minimum Gasteiger partial charge on any atom is -0.324 e. The van der Waals surface area contributed by atoms with Crippen LogP contribution in [0.3, 0.4) is 0 Å². The number of hydrogen-bond donors (Lipinski definition) is 2. The van der Waals surface area contributed by atoms with Crippen LogP contribution in [0.4, 0.5) is 33.3 Å². The molecule has 0 radical (unpaired) electrons. The number of benzene rings is 2. The Bertz CT molecular complexity index is 816. The molecule has 0 aromatic heterocycles. The van der Waals surface area contributed by atoms with Gasteiger partial charge in [-0.2, -0.15) is 0 Å². The van der Waals surface area contributed by atoms with E-state index >= 15 is 0 Å². The summed E-state index contributed by atoms with van der Waals surface area (Å²) in [6.07, 6.45) is 0. The van der Waals surface area contributed by atoms with Gasteiger partial charge >= 0.3 is 0 Å². The molecule has 2 N–H and O–H groups in total. The second kappa shape index (κ2) is 6.65. The molecule has 0 atom stereocenters. The van der Waals surface area contributed by atoms with Gasteiger partial charge in [-0.05, 0) is 12.1 Å². The molecule has 2 aromatic rings. The molecule has 0 fully saturated rings. The predicted molar refractivity (Wildman–Crippen MR) is 74.9 cm³/mol. The lowest BCUT2D eigenvalue weighted by Gasteiger charge is -2.12. The summed E-state index contributed by atoms with van der Waals surface area (Å²) in [6, 6.07) is 2.07. The Morgan fingerprint density at radius 2 is 1.21 bits per heavy atom. The number of carbonyl (C=O) groups excluding carboxylic acids is 2.